The Hall–Kier alpha value is -1.33. The Morgan fingerprint density at radius 2 is 2.24 bits per heavy atom. The smallest absolute Gasteiger partial charge is 0.341 e. The summed E-state index contributed by atoms with van der Waals surface area (Å²) in [5.74, 6) is -0.370. The van der Waals surface area contributed by atoms with Crippen molar-refractivity contribution < 1.29 is 9.53 Å². The highest BCUT2D eigenvalue weighted by Crippen LogP contribution is 2.37. The van der Waals surface area contributed by atoms with Crippen molar-refractivity contribution in [2.75, 3.05) is 12.8 Å². The third-order valence-corrected chi connectivity index (χ3v) is 4.56. The van der Waals surface area contributed by atoms with Gasteiger partial charge in [-0.15, -0.1) is 22.7 Å². The fourth-order valence-corrected chi connectivity index (χ4v) is 3.42. The van der Waals surface area contributed by atoms with E-state index in [-0.39, 0.29) is 5.97 Å². The zero-order chi connectivity index (χ0) is 12.4. The molecule has 3 nitrogen and oxygen atoms in total. The summed E-state index contributed by atoms with van der Waals surface area (Å²) in [5.41, 5.74) is 7.18. The number of carbonyl (C=O) groups excluding carboxylic acids is 1. The first-order chi connectivity index (χ1) is 8.17. The van der Waals surface area contributed by atoms with Crippen molar-refractivity contribution in [1.29, 1.82) is 0 Å². The van der Waals surface area contributed by atoms with Crippen LogP contribution in [0.3, 0.4) is 0 Å². The largest absolute Gasteiger partial charge is 0.465 e. The lowest BCUT2D eigenvalue weighted by molar-refractivity contribution is 0.0603. The molecule has 2 aromatic heterocycles. The summed E-state index contributed by atoms with van der Waals surface area (Å²) in [6.45, 7) is 2.11. The molecule has 0 aromatic carbocycles. The molecule has 2 rings (SSSR count). The van der Waals surface area contributed by atoms with E-state index in [0.29, 0.717) is 10.6 Å². The van der Waals surface area contributed by atoms with Crippen molar-refractivity contribution in [1.82, 2.24) is 0 Å². The predicted octanol–water partition coefficient (Wildman–Crippen LogP) is 3.41. The number of aryl methyl sites for hydroxylation is 1. The lowest BCUT2D eigenvalue weighted by Crippen LogP contribution is -2.03. The molecule has 17 heavy (non-hydrogen) atoms. The standard InChI is InChI=1S/C12H13NO2S2/c1-3-7-4-5-9(17-7)8-6-16-11(13)10(8)12(14)15-2/h4-6H,3,13H2,1-2H3. The molecule has 90 valence electrons. The molecule has 2 N–H and O–H groups in total. The molecule has 0 radical (unpaired) electrons. The number of anilines is 1. The number of rotatable bonds is 3. The van der Waals surface area contributed by atoms with Crippen LogP contribution in [-0.2, 0) is 11.2 Å². The average Bonchev–Trinajstić information content (AvgIpc) is 2.94. The van der Waals surface area contributed by atoms with E-state index in [2.05, 4.69) is 13.0 Å². The summed E-state index contributed by atoms with van der Waals surface area (Å²) >= 11 is 3.05. The van der Waals surface area contributed by atoms with Gasteiger partial charge >= 0.3 is 5.97 Å². The number of nitrogen functional groups attached to an aromatic ring is 1. The van der Waals surface area contributed by atoms with Crippen LogP contribution in [0.2, 0.25) is 0 Å². The molecule has 0 spiro atoms. The van der Waals surface area contributed by atoms with Gasteiger partial charge < -0.3 is 10.5 Å². The molecule has 0 unspecified atom stereocenters. The van der Waals surface area contributed by atoms with Crippen LogP contribution in [0.5, 0.6) is 0 Å². The number of carbonyl (C=O) groups is 1. The normalized spacial score (nSPS) is 10.5. The molecular formula is C12H13NO2S2. The fraction of sp³-hybridized carbons (Fsp3) is 0.250. The molecule has 0 aliphatic heterocycles. The van der Waals surface area contributed by atoms with Crippen LogP contribution in [0.15, 0.2) is 17.5 Å². The van der Waals surface area contributed by atoms with E-state index in [1.165, 1.54) is 23.3 Å². The first-order valence-electron chi connectivity index (χ1n) is 5.21. The van der Waals surface area contributed by atoms with E-state index in [1.807, 2.05) is 11.4 Å². The lowest BCUT2D eigenvalue weighted by atomic mass is 10.1. The Kier molecular flexibility index (Phi) is 3.49. The molecule has 0 bridgehead atoms. The first kappa shape index (κ1) is 12.1. The van der Waals surface area contributed by atoms with E-state index < -0.39 is 0 Å². The van der Waals surface area contributed by atoms with Gasteiger partial charge in [-0.25, -0.2) is 4.79 Å². The maximum atomic E-state index is 11.7. The molecular weight excluding hydrogens is 254 g/mol. The average molecular weight is 267 g/mol. The monoisotopic (exact) mass is 267 g/mol. The predicted molar refractivity (Wildman–Crippen MR) is 72.8 cm³/mol. The SMILES string of the molecule is CCc1ccc(-c2csc(N)c2C(=O)OC)s1. The third-order valence-electron chi connectivity index (χ3n) is 2.48. The van der Waals surface area contributed by atoms with Crippen molar-refractivity contribution in [3.8, 4) is 10.4 Å². The zero-order valence-electron chi connectivity index (χ0n) is 9.65. The number of nitrogens with two attached hydrogens (primary N) is 1. The van der Waals surface area contributed by atoms with E-state index in [4.69, 9.17) is 10.5 Å². The topological polar surface area (TPSA) is 52.3 Å². The number of hydrogen-bond donors (Lipinski definition) is 1. The summed E-state index contributed by atoms with van der Waals surface area (Å²) in [7, 11) is 1.37. The van der Waals surface area contributed by atoms with Crippen LogP contribution in [0, 0.1) is 0 Å². The van der Waals surface area contributed by atoms with Crippen LogP contribution < -0.4 is 5.73 Å². The molecule has 0 atom stereocenters. The van der Waals surface area contributed by atoms with E-state index in [9.17, 15) is 4.79 Å². The molecule has 5 heteroatoms. The number of methoxy groups -OCH3 is 1. The fourth-order valence-electron chi connectivity index (χ4n) is 1.58. The molecule has 0 saturated heterocycles. The summed E-state index contributed by atoms with van der Waals surface area (Å²) in [6.07, 6.45) is 0.998. The van der Waals surface area contributed by atoms with Crippen molar-refractivity contribution in [3.63, 3.8) is 0 Å². The Morgan fingerprint density at radius 3 is 2.82 bits per heavy atom. The van der Waals surface area contributed by atoms with Gasteiger partial charge in [-0.1, -0.05) is 6.92 Å². The lowest BCUT2D eigenvalue weighted by Gasteiger charge is -2.01. The second-order valence-corrected chi connectivity index (χ2v) is 5.58. The molecule has 0 saturated carbocycles. The van der Waals surface area contributed by atoms with E-state index in [1.54, 1.807) is 11.3 Å². The number of hydrogen-bond acceptors (Lipinski definition) is 5. The van der Waals surface area contributed by atoms with Crippen molar-refractivity contribution in [2.24, 2.45) is 0 Å². The van der Waals surface area contributed by atoms with Gasteiger partial charge in [0.1, 0.15) is 10.6 Å². The van der Waals surface area contributed by atoms with Crippen LogP contribution in [0.4, 0.5) is 5.00 Å². The first-order valence-corrected chi connectivity index (χ1v) is 6.91. The maximum Gasteiger partial charge on any atom is 0.341 e. The minimum absolute atomic E-state index is 0.370. The number of ether oxygens (including phenoxy) is 1. The van der Waals surface area contributed by atoms with Gasteiger partial charge in [0.05, 0.1) is 7.11 Å². The minimum Gasteiger partial charge on any atom is -0.465 e. The molecule has 0 fully saturated rings. The Balaban J connectivity index is 2.48. The van der Waals surface area contributed by atoms with Gasteiger partial charge in [-0.3, -0.25) is 0 Å². The minimum atomic E-state index is -0.370. The number of esters is 1. The second kappa shape index (κ2) is 4.89. The summed E-state index contributed by atoms with van der Waals surface area (Å²) in [4.78, 5) is 14.0. The third kappa shape index (κ3) is 2.21. The molecule has 0 amide bonds. The Bertz CT molecular complexity index is 542. The van der Waals surface area contributed by atoms with Crippen molar-refractivity contribution >= 4 is 33.6 Å². The van der Waals surface area contributed by atoms with Crippen molar-refractivity contribution in [2.45, 2.75) is 13.3 Å². The van der Waals surface area contributed by atoms with Crippen LogP contribution in [0.1, 0.15) is 22.2 Å². The molecule has 0 aliphatic rings. The highest BCUT2D eigenvalue weighted by atomic mass is 32.1. The molecule has 2 aromatic rings. The van der Waals surface area contributed by atoms with Gasteiger partial charge in [-0.2, -0.15) is 0 Å². The zero-order valence-corrected chi connectivity index (χ0v) is 11.3. The van der Waals surface area contributed by atoms with Gasteiger partial charge in [0.2, 0.25) is 0 Å². The summed E-state index contributed by atoms with van der Waals surface area (Å²) < 4.78 is 4.76. The van der Waals surface area contributed by atoms with E-state index >= 15 is 0 Å². The summed E-state index contributed by atoms with van der Waals surface area (Å²) in [5, 5.41) is 2.42. The maximum absolute atomic E-state index is 11.7. The van der Waals surface area contributed by atoms with Crippen LogP contribution in [0.25, 0.3) is 10.4 Å². The van der Waals surface area contributed by atoms with Gasteiger partial charge in [0, 0.05) is 20.7 Å². The molecule has 0 aliphatic carbocycles. The van der Waals surface area contributed by atoms with Gasteiger partial charge in [0.15, 0.2) is 0 Å². The highest BCUT2D eigenvalue weighted by molar-refractivity contribution is 7.17. The molecule has 2 heterocycles. The highest BCUT2D eigenvalue weighted by Gasteiger charge is 2.20. The van der Waals surface area contributed by atoms with Gasteiger partial charge in [0.25, 0.3) is 0 Å². The Labute approximate surface area is 108 Å². The van der Waals surface area contributed by atoms with Crippen LogP contribution >= 0.6 is 22.7 Å². The quantitative estimate of drug-likeness (QED) is 0.867. The number of thiophene rings is 2. The van der Waals surface area contributed by atoms with Crippen LogP contribution in [-0.4, -0.2) is 13.1 Å². The van der Waals surface area contributed by atoms with Crippen molar-refractivity contribution in [3.05, 3.63) is 28.0 Å². The van der Waals surface area contributed by atoms with E-state index in [0.717, 1.165) is 16.9 Å². The Morgan fingerprint density at radius 1 is 1.47 bits per heavy atom. The summed E-state index contributed by atoms with van der Waals surface area (Å²) in [6, 6.07) is 4.10. The van der Waals surface area contributed by atoms with Gasteiger partial charge in [-0.05, 0) is 18.6 Å². The second-order valence-electron chi connectivity index (χ2n) is 3.50.